The summed E-state index contributed by atoms with van der Waals surface area (Å²) in [6.07, 6.45) is 1.64. The summed E-state index contributed by atoms with van der Waals surface area (Å²) in [6.45, 7) is 0. The summed E-state index contributed by atoms with van der Waals surface area (Å²) in [7, 11) is 6.16. The molecule has 0 spiro atoms. The first-order valence-electron chi connectivity index (χ1n) is 9.24. The maximum absolute atomic E-state index is 9.99. The van der Waals surface area contributed by atoms with E-state index in [1.807, 2.05) is 18.2 Å². The van der Waals surface area contributed by atoms with E-state index in [1.54, 1.807) is 44.2 Å². The Kier molecular flexibility index (Phi) is 5.35. The van der Waals surface area contributed by atoms with E-state index in [9.17, 15) is 5.11 Å². The third-order valence-electron chi connectivity index (χ3n) is 4.64. The number of nitrogens with zero attached hydrogens (tertiary/aromatic N) is 4. The van der Waals surface area contributed by atoms with E-state index >= 15 is 0 Å². The minimum Gasteiger partial charge on any atom is -0.504 e. The number of aromatic nitrogens is 4. The van der Waals surface area contributed by atoms with Gasteiger partial charge in [0.2, 0.25) is 11.7 Å². The Morgan fingerprint density at radius 1 is 0.871 bits per heavy atom. The quantitative estimate of drug-likeness (QED) is 0.462. The van der Waals surface area contributed by atoms with Crippen molar-refractivity contribution >= 4 is 17.4 Å². The lowest BCUT2D eigenvalue weighted by Gasteiger charge is -2.14. The molecule has 4 rings (SSSR count). The number of ether oxygens (including phenoxy) is 4. The summed E-state index contributed by atoms with van der Waals surface area (Å²) in [6, 6.07) is 10.4. The minimum absolute atomic E-state index is 0.00695. The van der Waals surface area contributed by atoms with Gasteiger partial charge < -0.3 is 29.4 Å². The second-order valence-electron chi connectivity index (χ2n) is 6.40. The molecule has 31 heavy (non-hydrogen) atoms. The van der Waals surface area contributed by atoms with Crippen LogP contribution < -0.4 is 24.3 Å². The van der Waals surface area contributed by atoms with Crippen molar-refractivity contribution in [2.24, 2.45) is 0 Å². The predicted molar refractivity (Wildman–Crippen MR) is 114 cm³/mol. The number of phenols is 1. The zero-order valence-electron chi connectivity index (χ0n) is 17.4. The van der Waals surface area contributed by atoms with E-state index in [0.29, 0.717) is 40.4 Å². The van der Waals surface area contributed by atoms with Crippen LogP contribution in [0.3, 0.4) is 0 Å². The fourth-order valence-electron chi connectivity index (χ4n) is 3.19. The number of methoxy groups -OCH3 is 4. The highest BCUT2D eigenvalue weighted by atomic mass is 16.5. The summed E-state index contributed by atoms with van der Waals surface area (Å²) in [5.74, 6) is 2.64. The van der Waals surface area contributed by atoms with E-state index < -0.39 is 0 Å². The second-order valence-corrected chi connectivity index (χ2v) is 6.40. The average molecular weight is 423 g/mol. The number of rotatable bonds is 7. The van der Waals surface area contributed by atoms with Gasteiger partial charge in [-0.3, -0.25) is 0 Å². The van der Waals surface area contributed by atoms with Crippen molar-refractivity contribution in [2.45, 2.75) is 0 Å². The summed E-state index contributed by atoms with van der Waals surface area (Å²) >= 11 is 0. The first-order valence-corrected chi connectivity index (χ1v) is 9.24. The molecule has 2 aromatic carbocycles. The number of fused-ring (bicyclic) bond motifs is 1. The van der Waals surface area contributed by atoms with E-state index in [-0.39, 0.29) is 5.75 Å². The number of hydrogen-bond donors (Lipinski definition) is 2. The Morgan fingerprint density at radius 3 is 2.19 bits per heavy atom. The Morgan fingerprint density at radius 2 is 1.58 bits per heavy atom. The SMILES string of the molecule is COc1ccc(Nc2nc3nccc(-c4cc(OC)c(OC)c(OC)c4)n3n2)cc1O. The number of aromatic hydroxyl groups is 1. The van der Waals surface area contributed by atoms with Crippen LogP contribution >= 0.6 is 0 Å². The normalized spacial score (nSPS) is 10.7. The molecule has 0 aliphatic rings. The summed E-state index contributed by atoms with van der Waals surface area (Å²) < 4.78 is 23.0. The van der Waals surface area contributed by atoms with Crippen LogP contribution in [-0.4, -0.2) is 53.1 Å². The predicted octanol–water partition coefficient (Wildman–Crippen LogP) is 3.27. The molecule has 2 heterocycles. The molecule has 0 saturated carbocycles. The van der Waals surface area contributed by atoms with Crippen molar-refractivity contribution in [1.29, 1.82) is 0 Å². The lowest BCUT2D eigenvalue weighted by atomic mass is 10.1. The molecular formula is C21H21N5O5. The van der Waals surface area contributed by atoms with Crippen LogP contribution in [0, 0.1) is 0 Å². The maximum atomic E-state index is 9.99. The van der Waals surface area contributed by atoms with Crippen LogP contribution in [0.15, 0.2) is 42.6 Å². The molecule has 160 valence electrons. The Labute approximate surface area is 178 Å². The van der Waals surface area contributed by atoms with Crippen LogP contribution in [0.4, 0.5) is 11.6 Å². The second kappa shape index (κ2) is 8.27. The molecule has 4 aromatic rings. The zero-order valence-corrected chi connectivity index (χ0v) is 17.4. The molecule has 0 bridgehead atoms. The van der Waals surface area contributed by atoms with Gasteiger partial charge in [0, 0.05) is 23.5 Å². The van der Waals surface area contributed by atoms with Crippen molar-refractivity contribution in [3.05, 3.63) is 42.6 Å². The van der Waals surface area contributed by atoms with Crippen molar-refractivity contribution in [3.63, 3.8) is 0 Å². The highest BCUT2D eigenvalue weighted by Gasteiger charge is 2.17. The molecule has 0 unspecified atom stereocenters. The molecule has 10 heteroatoms. The highest BCUT2D eigenvalue weighted by Crippen LogP contribution is 2.41. The molecule has 0 saturated heterocycles. The van der Waals surface area contributed by atoms with Crippen LogP contribution in [0.25, 0.3) is 17.0 Å². The van der Waals surface area contributed by atoms with E-state index in [1.165, 1.54) is 13.2 Å². The standard InChI is InChI=1S/C21H21N5O5/c1-28-16-6-5-13(11-15(16)27)23-20-24-21-22-8-7-14(26(21)25-20)12-9-17(29-2)19(31-4)18(10-12)30-3/h5-11,27H,1-4H3,(H,23,25). The van der Waals surface area contributed by atoms with Gasteiger partial charge in [-0.25, -0.2) is 4.98 Å². The van der Waals surface area contributed by atoms with Gasteiger partial charge >= 0.3 is 0 Å². The lowest BCUT2D eigenvalue weighted by molar-refractivity contribution is 0.324. The van der Waals surface area contributed by atoms with Gasteiger partial charge in [0.1, 0.15) is 0 Å². The Hall–Kier alpha value is -4.21. The smallest absolute Gasteiger partial charge is 0.254 e. The third-order valence-corrected chi connectivity index (χ3v) is 4.64. The van der Waals surface area contributed by atoms with Gasteiger partial charge in [0.05, 0.1) is 34.1 Å². The first-order chi connectivity index (χ1) is 15.1. The molecule has 2 aromatic heterocycles. The summed E-state index contributed by atoms with van der Waals surface area (Å²) in [5, 5.41) is 17.6. The van der Waals surface area contributed by atoms with E-state index in [0.717, 1.165) is 11.3 Å². The number of benzene rings is 2. The molecule has 0 aliphatic heterocycles. The topological polar surface area (TPSA) is 112 Å². The summed E-state index contributed by atoms with van der Waals surface area (Å²) in [4.78, 5) is 8.70. The van der Waals surface area contributed by atoms with Crippen LogP contribution in [-0.2, 0) is 0 Å². The number of phenolic OH excluding ortho intramolecular Hbond substituents is 1. The lowest BCUT2D eigenvalue weighted by Crippen LogP contribution is -1.99. The number of nitrogens with one attached hydrogen (secondary N) is 1. The van der Waals surface area contributed by atoms with Crippen molar-refractivity contribution in [1.82, 2.24) is 19.6 Å². The van der Waals surface area contributed by atoms with Crippen LogP contribution in [0.5, 0.6) is 28.7 Å². The largest absolute Gasteiger partial charge is 0.504 e. The monoisotopic (exact) mass is 423 g/mol. The molecule has 0 fully saturated rings. The molecule has 0 radical (unpaired) electrons. The maximum Gasteiger partial charge on any atom is 0.254 e. The molecular weight excluding hydrogens is 402 g/mol. The third kappa shape index (κ3) is 3.70. The van der Waals surface area contributed by atoms with Gasteiger partial charge in [0.15, 0.2) is 23.0 Å². The molecule has 10 nitrogen and oxygen atoms in total. The number of anilines is 2. The van der Waals surface area contributed by atoms with Crippen LogP contribution in [0.1, 0.15) is 0 Å². The average Bonchev–Trinajstić information content (AvgIpc) is 3.20. The molecule has 0 atom stereocenters. The fourth-order valence-corrected chi connectivity index (χ4v) is 3.19. The zero-order chi connectivity index (χ0) is 22.0. The summed E-state index contributed by atoms with van der Waals surface area (Å²) in [5.41, 5.74) is 2.10. The van der Waals surface area contributed by atoms with Crippen molar-refractivity contribution < 1.29 is 24.1 Å². The van der Waals surface area contributed by atoms with E-state index in [2.05, 4.69) is 20.4 Å². The van der Waals surface area contributed by atoms with E-state index in [4.69, 9.17) is 18.9 Å². The molecule has 0 amide bonds. The van der Waals surface area contributed by atoms with Gasteiger partial charge in [-0.1, -0.05) is 0 Å². The van der Waals surface area contributed by atoms with Gasteiger partial charge in [-0.2, -0.15) is 9.50 Å². The van der Waals surface area contributed by atoms with Gasteiger partial charge in [0.25, 0.3) is 5.78 Å². The van der Waals surface area contributed by atoms with Gasteiger partial charge in [-0.05, 0) is 30.3 Å². The number of hydrogen-bond acceptors (Lipinski definition) is 9. The highest BCUT2D eigenvalue weighted by molar-refractivity contribution is 5.70. The van der Waals surface area contributed by atoms with Crippen molar-refractivity contribution in [3.8, 4) is 40.0 Å². The van der Waals surface area contributed by atoms with Crippen molar-refractivity contribution in [2.75, 3.05) is 33.8 Å². The first kappa shape index (κ1) is 20.1. The minimum atomic E-state index is 0.00695. The Balaban J connectivity index is 1.76. The van der Waals surface area contributed by atoms with Crippen LogP contribution in [0.2, 0.25) is 0 Å². The molecule has 2 N–H and O–H groups in total. The van der Waals surface area contributed by atoms with Gasteiger partial charge in [-0.15, -0.1) is 5.10 Å². The Bertz CT molecular complexity index is 1220. The fraction of sp³-hybridized carbons (Fsp3) is 0.190. The molecule has 0 aliphatic carbocycles.